The number of benzene rings is 2. The summed E-state index contributed by atoms with van der Waals surface area (Å²) < 4.78 is 3.40. The second kappa shape index (κ2) is 7.20. The fourth-order valence-electron chi connectivity index (χ4n) is 2.88. The van der Waals surface area contributed by atoms with Crippen LogP contribution >= 0.6 is 0 Å². The number of imidazole rings is 1. The van der Waals surface area contributed by atoms with E-state index in [0.717, 1.165) is 11.4 Å². The Labute approximate surface area is 155 Å². The average molecular weight is 359 g/mol. The second-order valence-electron chi connectivity index (χ2n) is 6.02. The zero-order chi connectivity index (χ0) is 18.6. The molecule has 0 aliphatic carbocycles. The fourth-order valence-corrected chi connectivity index (χ4v) is 2.88. The third-order valence-electron chi connectivity index (χ3n) is 4.25. The molecule has 0 unspecified atom stereocenters. The van der Waals surface area contributed by atoms with Crippen LogP contribution in [0.2, 0.25) is 0 Å². The molecular formula is C19H17N7O. The summed E-state index contributed by atoms with van der Waals surface area (Å²) in [6, 6.07) is 16.5. The topological polar surface area (TPSA) is 90.5 Å². The van der Waals surface area contributed by atoms with E-state index in [-0.39, 0.29) is 11.9 Å². The molecule has 1 amide bonds. The number of rotatable bonds is 5. The van der Waals surface area contributed by atoms with Gasteiger partial charge in [0.2, 0.25) is 0 Å². The molecule has 0 spiro atoms. The first-order valence-corrected chi connectivity index (χ1v) is 8.39. The number of aryl methyl sites for hydroxylation is 1. The summed E-state index contributed by atoms with van der Waals surface area (Å²) >= 11 is 0. The first-order chi connectivity index (χ1) is 13.2. The first kappa shape index (κ1) is 16.6. The van der Waals surface area contributed by atoms with E-state index in [1.165, 1.54) is 11.0 Å². The van der Waals surface area contributed by atoms with E-state index < -0.39 is 0 Å². The predicted molar refractivity (Wildman–Crippen MR) is 98.1 cm³/mol. The monoisotopic (exact) mass is 359 g/mol. The molecule has 0 aliphatic rings. The van der Waals surface area contributed by atoms with Crippen molar-refractivity contribution >= 4 is 5.91 Å². The van der Waals surface area contributed by atoms with Crippen LogP contribution in [-0.2, 0) is 7.05 Å². The van der Waals surface area contributed by atoms with Crippen molar-refractivity contribution in [3.8, 4) is 5.69 Å². The maximum atomic E-state index is 12.9. The van der Waals surface area contributed by atoms with Crippen LogP contribution in [0.25, 0.3) is 5.69 Å². The smallest absolute Gasteiger partial charge is 0.252 e. The predicted octanol–water partition coefficient (Wildman–Crippen LogP) is 1.92. The van der Waals surface area contributed by atoms with E-state index in [4.69, 9.17) is 0 Å². The Hall–Kier alpha value is -3.81. The largest absolute Gasteiger partial charge is 0.338 e. The molecular weight excluding hydrogens is 342 g/mol. The molecule has 1 atom stereocenters. The molecule has 0 aliphatic heterocycles. The highest BCUT2D eigenvalue weighted by Gasteiger charge is 2.21. The number of carbonyl (C=O) groups is 1. The maximum absolute atomic E-state index is 12.9. The molecule has 0 radical (unpaired) electrons. The van der Waals surface area contributed by atoms with Crippen molar-refractivity contribution in [2.45, 2.75) is 6.04 Å². The molecule has 2 aromatic carbocycles. The molecule has 1 N–H and O–H groups in total. The summed E-state index contributed by atoms with van der Waals surface area (Å²) in [6.45, 7) is 0. The van der Waals surface area contributed by atoms with Gasteiger partial charge in [-0.1, -0.05) is 36.4 Å². The second-order valence-corrected chi connectivity index (χ2v) is 6.02. The van der Waals surface area contributed by atoms with E-state index in [0.29, 0.717) is 11.3 Å². The molecule has 27 heavy (non-hydrogen) atoms. The van der Waals surface area contributed by atoms with E-state index in [2.05, 4.69) is 25.8 Å². The van der Waals surface area contributed by atoms with Gasteiger partial charge in [-0.15, -0.1) is 5.10 Å². The van der Waals surface area contributed by atoms with Crippen LogP contribution in [0.4, 0.5) is 0 Å². The van der Waals surface area contributed by atoms with Gasteiger partial charge in [0.15, 0.2) is 0 Å². The Kier molecular flexibility index (Phi) is 4.44. The van der Waals surface area contributed by atoms with Crippen molar-refractivity contribution in [1.82, 2.24) is 35.1 Å². The molecule has 4 rings (SSSR count). The SMILES string of the molecule is Cn1ccnc1[C@H](NC(=O)c1cccc(-n2cnnn2)c1)c1ccccc1. The molecule has 4 aromatic rings. The van der Waals surface area contributed by atoms with Crippen LogP contribution in [0.3, 0.4) is 0 Å². The number of nitrogens with zero attached hydrogens (tertiary/aromatic N) is 6. The molecule has 0 fully saturated rings. The zero-order valence-corrected chi connectivity index (χ0v) is 14.6. The Bertz CT molecular complexity index is 1040. The van der Waals surface area contributed by atoms with Gasteiger partial charge < -0.3 is 9.88 Å². The Morgan fingerprint density at radius 2 is 1.96 bits per heavy atom. The van der Waals surface area contributed by atoms with Crippen molar-refractivity contribution in [2.75, 3.05) is 0 Å². The average Bonchev–Trinajstić information content (AvgIpc) is 3.39. The van der Waals surface area contributed by atoms with E-state index >= 15 is 0 Å². The van der Waals surface area contributed by atoms with Crippen LogP contribution in [0.15, 0.2) is 73.3 Å². The zero-order valence-electron chi connectivity index (χ0n) is 14.6. The number of aromatic nitrogens is 6. The van der Waals surface area contributed by atoms with Gasteiger partial charge in [-0.2, -0.15) is 0 Å². The third kappa shape index (κ3) is 3.45. The van der Waals surface area contributed by atoms with Gasteiger partial charge in [0.05, 0.1) is 5.69 Å². The Morgan fingerprint density at radius 3 is 2.67 bits per heavy atom. The molecule has 8 nitrogen and oxygen atoms in total. The number of nitrogens with one attached hydrogen (secondary N) is 1. The van der Waals surface area contributed by atoms with Gasteiger partial charge in [0.25, 0.3) is 5.91 Å². The fraction of sp³-hybridized carbons (Fsp3) is 0.105. The highest BCUT2D eigenvalue weighted by molar-refractivity contribution is 5.95. The van der Waals surface area contributed by atoms with Crippen LogP contribution in [0.5, 0.6) is 0 Å². The van der Waals surface area contributed by atoms with Gasteiger partial charge in [0, 0.05) is 25.0 Å². The summed E-state index contributed by atoms with van der Waals surface area (Å²) in [4.78, 5) is 17.4. The number of carbonyl (C=O) groups excluding carboxylic acids is 1. The summed E-state index contributed by atoms with van der Waals surface area (Å²) in [7, 11) is 1.91. The van der Waals surface area contributed by atoms with Crippen LogP contribution in [0, 0.1) is 0 Å². The lowest BCUT2D eigenvalue weighted by molar-refractivity contribution is 0.0941. The number of hydrogen-bond donors (Lipinski definition) is 1. The molecule has 0 saturated carbocycles. The van der Waals surface area contributed by atoms with Crippen LogP contribution in [-0.4, -0.2) is 35.7 Å². The lowest BCUT2D eigenvalue weighted by atomic mass is 10.1. The van der Waals surface area contributed by atoms with Gasteiger partial charge in [-0.3, -0.25) is 4.79 Å². The van der Waals surface area contributed by atoms with Crippen LogP contribution < -0.4 is 5.32 Å². The highest BCUT2D eigenvalue weighted by atomic mass is 16.1. The molecule has 134 valence electrons. The van der Waals surface area contributed by atoms with E-state index in [1.54, 1.807) is 24.4 Å². The van der Waals surface area contributed by atoms with Gasteiger partial charge in [0.1, 0.15) is 18.2 Å². The third-order valence-corrected chi connectivity index (χ3v) is 4.25. The standard InChI is InChI=1S/C19H17N7O/c1-25-11-10-20-18(25)17(14-6-3-2-4-7-14)22-19(27)15-8-5-9-16(12-15)26-13-21-23-24-26/h2-13,17H,1H3,(H,22,27)/t17-/m1/s1. The Morgan fingerprint density at radius 1 is 1.11 bits per heavy atom. The maximum Gasteiger partial charge on any atom is 0.252 e. The quantitative estimate of drug-likeness (QED) is 0.588. The van der Waals surface area contributed by atoms with Crippen molar-refractivity contribution < 1.29 is 4.79 Å². The lowest BCUT2D eigenvalue weighted by Gasteiger charge is -2.19. The number of amides is 1. The summed E-state index contributed by atoms with van der Waals surface area (Å²) in [5.41, 5.74) is 2.18. The summed E-state index contributed by atoms with van der Waals surface area (Å²) in [5, 5.41) is 14.2. The van der Waals surface area contributed by atoms with E-state index in [9.17, 15) is 4.79 Å². The van der Waals surface area contributed by atoms with Gasteiger partial charge in [-0.05, 0) is 34.2 Å². The Balaban J connectivity index is 1.65. The normalized spacial score (nSPS) is 11.9. The van der Waals surface area contributed by atoms with Crippen molar-refractivity contribution in [2.24, 2.45) is 7.05 Å². The molecule has 8 heteroatoms. The van der Waals surface area contributed by atoms with Crippen molar-refractivity contribution in [3.05, 3.63) is 90.3 Å². The first-order valence-electron chi connectivity index (χ1n) is 8.39. The van der Waals surface area contributed by atoms with Gasteiger partial charge in [-0.25, -0.2) is 9.67 Å². The minimum absolute atomic E-state index is 0.207. The summed E-state index contributed by atoms with van der Waals surface area (Å²) in [6.07, 6.45) is 5.06. The minimum Gasteiger partial charge on any atom is -0.338 e. The summed E-state index contributed by atoms with van der Waals surface area (Å²) in [5.74, 6) is 0.549. The van der Waals surface area contributed by atoms with Crippen molar-refractivity contribution in [3.63, 3.8) is 0 Å². The lowest BCUT2D eigenvalue weighted by Crippen LogP contribution is -2.31. The number of tetrazole rings is 1. The highest BCUT2D eigenvalue weighted by Crippen LogP contribution is 2.21. The number of hydrogen-bond acceptors (Lipinski definition) is 5. The minimum atomic E-state index is -0.365. The molecule has 2 heterocycles. The van der Waals surface area contributed by atoms with Gasteiger partial charge >= 0.3 is 0 Å². The van der Waals surface area contributed by atoms with Crippen LogP contribution in [0.1, 0.15) is 27.8 Å². The molecule has 0 saturated heterocycles. The van der Waals surface area contributed by atoms with Crippen molar-refractivity contribution in [1.29, 1.82) is 0 Å². The molecule has 0 bridgehead atoms. The van der Waals surface area contributed by atoms with E-state index in [1.807, 2.05) is 54.2 Å². The molecule has 2 aromatic heterocycles.